The van der Waals surface area contributed by atoms with Crippen LogP contribution < -0.4 is 9.47 Å². The Morgan fingerprint density at radius 1 is 1.07 bits per heavy atom. The molecule has 0 N–H and O–H groups in total. The van der Waals surface area contributed by atoms with Crippen molar-refractivity contribution < 1.29 is 19.0 Å². The van der Waals surface area contributed by atoms with E-state index in [1.54, 1.807) is 56.3 Å². The number of Topliss-reactive ketones (excluding diaryl/α,β-unsaturated/α-hetero) is 1. The van der Waals surface area contributed by atoms with E-state index >= 15 is 0 Å². The second-order valence-electron chi connectivity index (χ2n) is 6.38. The number of fused-ring (bicyclic) bond motifs is 1. The third kappa shape index (κ3) is 4.72. The van der Waals surface area contributed by atoms with Gasteiger partial charge in [0, 0.05) is 12.1 Å². The van der Waals surface area contributed by atoms with Crippen LogP contribution in [0.3, 0.4) is 0 Å². The number of carbonyl (C=O) groups is 1. The van der Waals surface area contributed by atoms with Crippen LogP contribution in [0.1, 0.15) is 13.8 Å². The number of aromatic nitrogens is 2. The third-order valence-corrected chi connectivity index (χ3v) is 4.08. The van der Waals surface area contributed by atoms with E-state index in [9.17, 15) is 4.79 Å². The zero-order valence-corrected chi connectivity index (χ0v) is 16.0. The predicted molar refractivity (Wildman–Crippen MR) is 103 cm³/mol. The Bertz CT molecular complexity index is 958. The standard InChI is InChI=1S/C20H19ClN2O4/c1-20(2,18(24)12-25-3)27-15-7-5-14(6-8-15)26-19-11-22-17-10-13(21)4-9-16(17)23-19/h4-11H,12H2,1-3H3. The highest BCUT2D eigenvalue weighted by atomic mass is 35.5. The van der Waals surface area contributed by atoms with Crippen LogP contribution in [-0.4, -0.2) is 35.1 Å². The molecule has 27 heavy (non-hydrogen) atoms. The van der Waals surface area contributed by atoms with Crippen molar-refractivity contribution in [1.29, 1.82) is 0 Å². The van der Waals surface area contributed by atoms with E-state index in [4.69, 9.17) is 25.8 Å². The van der Waals surface area contributed by atoms with Gasteiger partial charge in [-0.15, -0.1) is 0 Å². The first-order chi connectivity index (χ1) is 12.9. The lowest BCUT2D eigenvalue weighted by atomic mass is 10.0. The van der Waals surface area contributed by atoms with E-state index < -0.39 is 5.60 Å². The Morgan fingerprint density at radius 3 is 2.48 bits per heavy atom. The number of carbonyl (C=O) groups excluding carboxylic acids is 1. The highest BCUT2D eigenvalue weighted by Gasteiger charge is 2.29. The van der Waals surface area contributed by atoms with Crippen LogP contribution in [0.15, 0.2) is 48.7 Å². The first kappa shape index (κ1) is 19.1. The SMILES string of the molecule is COCC(=O)C(C)(C)Oc1ccc(Oc2cnc3cc(Cl)ccc3n2)cc1. The van der Waals surface area contributed by atoms with Crippen LogP contribution >= 0.6 is 11.6 Å². The molecule has 1 aromatic heterocycles. The zero-order valence-electron chi connectivity index (χ0n) is 15.2. The first-order valence-electron chi connectivity index (χ1n) is 8.29. The minimum Gasteiger partial charge on any atom is -0.480 e. The molecule has 0 spiro atoms. The highest BCUT2D eigenvalue weighted by molar-refractivity contribution is 6.31. The van der Waals surface area contributed by atoms with Crippen molar-refractivity contribution in [3.05, 3.63) is 53.7 Å². The van der Waals surface area contributed by atoms with Crippen molar-refractivity contribution in [2.75, 3.05) is 13.7 Å². The summed E-state index contributed by atoms with van der Waals surface area (Å²) in [6.07, 6.45) is 1.54. The lowest BCUT2D eigenvalue weighted by Crippen LogP contribution is -2.40. The highest BCUT2D eigenvalue weighted by Crippen LogP contribution is 2.26. The topological polar surface area (TPSA) is 70.5 Å². The van der Waals surface area contributed by atoms with Gasteiger partial charge in [-0.05, 0) is 56.3 Å². The van der Waals surface area contributed by atoms with Gasteiger partial charge in [-0.25, -0.2) is 9.97 Å². The van der Waals surface area contributed by atoms with Crippen LogP contribution in [0, 0.1) is 0 Å². The molecule has 7 heteroatoms. The van der Waals surface area contributed by atoms with Crippen LogP contribution in [-0.2, 0) is 9.53 Å². The van der Waals surface area contributed by atoms with Gasteiger partial charge in [-0.1, -0.05) is 11.6 Å². The third-order valence-electron chi connectivity index (χ3n) is 3.85. The van der Waals surface area contributed by atoms with Gasteiger partial charge >= 0.3 is 0 Å². The number of nitrogens with zero attached hydrogens (tertiary/aromatic N) is 2. The number of rotatable bonds is 7. The number of methoxy groups -OCH3 is 1. The average molecular weight is 387 g/mol. The van der Waals surface area contributed by atoms with E-state index in [1.165, 1.54) is 13.3 Å². The molecule has 0 unspecified atom stereocenters. The largest absolute Gasteiger partial charge is 0.480 e. The molecule has 0 aliphatic rings. The molecule has 0 radical (unpaired) electrons. The van der Waals surface area contributed by atoms with Gasteiger partial charge in [0.25, 0.3) is 0 Å². The quantitative estimate of drug-likeness (QED) is 0.597. The summed E-state index contributed by atoms with van der Waals surface area (Å²) < 4.78 is 16.4. The summed E-state index contributed by atoms with van der Waals surface area (Å²) in [6, 6.07) is 12.2. The van der Waals surface area contributed by atoms with E-state index in [1.807, 2.05) is 0 Å². The van der Waals surface area contributed by atoms with Gasteiger partial charge in [0.1, 0.15) is 18.1 Å². The van der Waals surface area contributed by atoms with Crippen molar-refractivity contribution in [2.45, 2.75) is 19.4 Å². The van der Waals surface area contributed by atoms with E-state index in [0.717, 1.165) is 0 Å². The summed E-state index contributed by atoms with van der Waals surface area (Å²) in [7, 11) is 1.48. The van der Waals surface area contributed by atoms with Gasteiger partial charge in [0.2, 0.25) is 11.7 Å². The second kappa shape index (κ2) is 7.90. The second-order valence-corrected chi connectivity index (χ2v) is 6.82. The number of halogens is 1. The van der Waals surface area contributed by atoms with E-state index in [-0.39, 0.29) is 12.4 Å². The maximum Gasteiger partial charge on any atom is 0.238 e. The maximum atomic E-state index is 12.0. The molecule has 6 nitrogen and oxygen atoms in total. The normalized spacial score (nSPS) is 11.4. The van der Waals surface area contributed by atoms with Crippen LogP contribution in [0.2, 0.25) is 5.02 Å². The molecule has 3 aromatic rings. The monoisotopic (exact) mass is 386 g/mol. The van der Waals surface area contributed by atoms with Crippen molar-refractivity contribution in [1.82, 2.24) is 9.97 Å². The van der Waals surface area contributed by atoms with Gasteiger partial charge in [0.05, 0.1) is 17.2 Å². The molecule has 1 heterocycles. The average Bonchev–Trinajstić information content (AvgIpc) is 2.63. The number of ketones is 1. The Kier molecular flexibility index (Phi) is 5.58. The van der Waals surface area contributed by atoms with Crippen molar-refractivity contribution in [2.24, 2.45) is 0 Å². The van der Waals surface area contributed by atoms with Gasteiger partial charge in [0.15, 0.2) is 5.60 Å². The van der Waals surface area contributed by atoms with Gasteiger partial charge < -0.3 is 14.2 Å². The van der Waals surface area contributed by atoms with Crippen LogP contribution in [0.4, 0.5) is 0 Å². The minimum atomic E-state index is -0.983. The van der Waals surface area contributed by atoms with Crippen LogP contribution in [0.25, 0.3) is 11.0 Å². The van der Waals surface area contributed by atoms with E-state index in [0.29, 0.717) is 33.4 Å². The molecule has 0 atom stereocenters. The summed E-state index contributed by atoms with van der Waals surface area (Å²) in [5.41, 5.74) is 0.403. The van der Waals surface area contributed by atoms with E-state index in [2.05, 4.69) is 9.97 Å². The minimum absolute atomic E-state index is 0.0000394. The lowest BCUT2D eigenvalue weighted by Gasteiger charge is -2.24. The summed E-state index contributed by atoms with van der Waals surface area (Å²) in [5.74, 6) is 1.35. The molecular weight excluding hydrogens is 368 g/mol. The molecule has 0 aliphatic carbocycles. The summed E-state index contributed by atoms with van der Waals surface area (Å²) in [5, 5.41) is 0.605. The molecule has 0 amide bonds. The van der Waals surface area contributed by atoms with Gasteiger partial charge in [-0.2, -0.15) is 0 Å². The Hall–Kier alpha value is -2.70. The predicted octanol–water partition coefficient (Wildman–Crippen LogP) is 4.45. The molecule has 140 valence electrons. The van der Waals surface area contributed by atoms with Crippen molar-refractivity contribution in [3.63, 3.8) is 0 Å². The summed E-state index contributed by atoms with van der Waals surface area (Å²) in [6.45, 7) is 3.41. The fourth-order valence-corrected chi connectivity index (χ4v) is 2.54. The number of ether oxygens (including phenoxy) is 3. The number of hydrogen-bond acceptors (Lipinski definition) is 6. The fraction of sp³-hybridized carbons (Fsp3) is 0.250. The Labute approximate surface area is 162 Å². The number of hydrogen-bond donors (Lipinski definition) is 0. The van der Waals surface area contributed by atoms with Crippen LogP contribution in [0.5, 0.6) is 17.4 Å². The zero-order chi connectivity index (χ0) is 19.4. The Balaban J connectivity index is 1.70. The molecule has 0 saturated carbocycles. The smallest absolute Gasteiger partial charge is 0.238 e. The molecule has 0 fully saturated rings. The van der Waals surface area contributed by atoms with Gasteiger partial charge in [-0.3, -0.25) is 4.79 Å². The molecule has 3 rings (SSSR count). The van der Waals surface area contributed by atoms with Crippen molar-refractivity contribution in [3.8, 4) is 17.4 Å². The molecule has 2 aromatic carbocycles. The molecule has 0 bridgehead atoms. The first-order valence-corrected chi connectivity index (χ1v) is 8.67. The maximum absolute atomic E-state index is 12.0. The summed E-state index contributed by atoms with van der Waals surface area (Å²) >= 11 is 5.95. The molecular formula is C20H19ClN2O4. The van der Waals surface area contributed by atoms with Crippen molar-refractivity contribution >= 4 is 28.4 Å². The lowest BCUT2D eigenvalue weighted by molar-refractivity contribution is -0.135. The fourth-order valence-electron chi connectivity index (χ4n) is 2.37. The Morgan fingerprint density at radius 2 is 1.78 bits per heavy atom. The summed E-state index contributed by atoms with van der Waals surface area (Å²) in [4.78, 5) is 20.7. The molecule has 0 saturated heterocycles. The molecule has 0 aliphatic heterocycles. The number of benzene rings is 2.